The van der Waals surface area contributed by atoms with E-state index in [2.05, 4.69) is 17.1 Å². The van der Waals surface area contributed by atoms with Crippen molar-refractivity contribution in [3.63, 3.8) is 0 Å². The lowest BCUT2D eigenvalue weighted by atomic mass is 10.1. The molecule has 1 atom stereocenters. The lowest BCUT2D eigenvalue weighted by molar-refractivity contribution is -0.126. The van der Waals surface area contributed by atoms with E-state index in [1.165, 1.54) is 5.56 Å². The summed E-state index contributed by atoms with van der Waals surface area (Å²) in [6.45, 7) is 8.60. The first kappa shape index (κ1) is 21.9. The van der Waals surface area contributed by atoms with Crippen molar-refractivity contribution in [2.75, 3.05) is 31.9 Å². The van der Waals surface area contributed by atoms with Crippen molar-refractivity contribution < 1.29 is 13.2 Å². The molecule has 0 radical (unpaired) electrons. The van der Waals surface area contributed by atoms with Gasteiger partial charge in [-0.2, -0.15) is 4.31 Å². The predicted molar refractivity (Wildman–Crippen MR) is 109 cm³/mol. The van der Waals surface area contributed by atoms with Gasteiger partial charge in [-0.15, -0.1) is 0 Å². The maximum atomic E-state index is 12.5. The summed E-state index contributed by atoms with van der Waals surface area (Å²) in [7, 11) is -3.17. The molecule has 7 heteroatoms. The first-order valence-electron chi connectivity index (χ1n) is 9.88. The second-order valence-corrected chi connectivity index (χ2v) is 9.43. The quantitative estimate of drug-likeness (QED) is 0.651. The van der Waals surface area contributed by atoms with E-state index in [0.717, 1.165) is 24.8 Å². The van der Waals surface area contributed by atoms with Gasteiger partial charge in [0.05, 0.1) is 11.8 Å². The fourth-order valence-corrected chi connectivity index (χ4v) is 4.79. The van der Waals surface area contributed by atoms with Gasteiger partial charge in [0, 0.05) is 32.7 Å². The second-order valence-electron chi connectivity index (χ2n) is 7.34. The third-order valence-corrected chi connectivity index (χ3v) is 7.14. The minimum absolute atomic E-state index is 0.0187. The van der Waals surface area contributed by atoms with E-state index in [4.69, 9.17) is 0 Å². The minimum atomic E-state index is -3.17. The van der Waals surface area contributed by atoms with E-state index >= 15 is 0 Å². The summed E-state index contributed by atoms with van der Waals surface area (Å²) in [6.07, 6.45) is 2.67. The summed E-state index contributed by atoms with van der Waals surface area (Å²) in [5.74, 6) is 0.211. The summed E-state index contributed by atoms with van der Waals surface area (Å²) < 4.78 is 26.3. The lowest BCUT2D eigenvalue weighted by Crippen LogP contribution is -2.55. The Morgan fingerprint density at radius 2 is 1.74 bits per heavy atom. The van der Waals surface area contributed by atoms with Crippen LogP contribution >= 0.6 is 0 Å². The van der Waals surface area contributed by atoms with E-state index in [-0.39, 0.29) is 17.7 Å². The van der Waals surface area contributed by atoms with Crippen LogP contribution in [0, 0.1) is 6.92 Å². The molecule has 1 aromatic carbocycles. The number of aryl methyl sites for hydroxylation is 1. The molecule has 1 amide bonds. The number of amides is 1. The van der Waals surface area contributed by atoms with Crippen LogP contribution in [-0.2, 0) is 21.4 Å². The van der Waals surface area contributed by atoms with Crippen molar-refractivity contribution in [2.24, 2.45) is 0 Å². The number of benzene rings is 1. The Balaban J connectivity index is 1.78. The van der Waals surface area contributed by atoms with Crippen LogP contribution in [0.4, 0.5) is 0 Å². The number of nitrogens with one attached hydrogen (secondary N) is 1. The molecule has 1 aliphatic rings. The number of unbranched alkanes of at least 4 members (excludes halogenated alkanes) is 2. The summed E-state index contributed by atoms with van der Waals surface area (Å²) >= 11 is 0. The van der Waals surface area contributed by atoms with Crippen molar-refractivity contribution in [3.05, 3.63) is 35.4 Å². The highest BCUT2D eigenvalue weighted by Gasteiger charge is 2.30. The Labute approximate surface area is 164 Å². The first-order chi connectivity index (χ1) is 12.8. The minimum Gasteiger partial charge on any atom is -0.351 e. The van der Waals surface area contributed by atoms with Crippen LogP contribution in [0.25, 0.3) is 0 Å². The molecule has 0 aromatic heterocycles. The van der Waals surface area contributed by atoms with Crippen LogP contribution in [0.2, 0.25) is 0 Å². The van der Waals surface area contributed by atoms with Crippen LogP contribution < -0.4 is 5.32 Å². The van der Waals surface area contributed by atoms with Crippen molar-refractivity contribution in [1.29, 1.82) is 0 Å². The fourth-order valence-electron chi connectivity index (χ4n) is 3.24. The van der Waals surface area contributed by atoms with Crippen molar-refractivity contribution in [1.82, 2.24) is 14.5 Å². The summed E-state index contributed by atoms with van der Waals surface area (Å²) in [4.78, 5) is 14.5. The van der Waals surface area contributed by atoms with Crippen molar-refractivity contribution in [3.8, 4) is 0 Å². The Hall–Kier alpha value is -1.44. The molecule has 1 N–H and O–H groups in total. The molecular weight excluding hydrogens is 362 g/mol. The summed E-state index contributed by atoms with van der Waals surface area (Å²) in [5.41, 5.74) is 2.27. The van der Waals surface area contributed by atoms with Gasteiger partial charge in [0.2, 0.25) is 15.9 Å². The molecule has 1 heterocycles. The van der Waals surface area contributed by atoms with Gasteiger partial charge < -0.3 is 5.32 Å². The SMILES string of the molecule is CCCCCS(=O)(=O)N1CCN(C(C)C(=O)NCc2ccc(C)cc2)CC1. The van der Waals surface area contributed by atoms with E-state index in [0.29, 0.717) is 32.7 Å². The van der Waals surface area contributed by atoms with Crippen LogP contribution in [0.1, 0.15) is 44.2 Å². The molecule has 152 valence electrons. The van der Waals surface area contributed by atoms with E-state index in [1.807, 2.05) is 38.1 Å². The number of nitrogens with zero attached hydrogens (tertiary/aromatic N) is 2. The zero-order valence-corrected chi connectivity index (χ0v) is 17.6. The van der Waals surface area contributed by atoms with Crippen LogP contribution in [0.15, 0.2) is 24.3 Å². The van der Waals surface area contributed by atoms with Gasteiger partial charge >= 0.3 is 0 Å². The van der Waals surface area contributed by atoms with E-state index in [1.54, 1.807) is 4.31 Å². The predicted octanol–water partition coefficient (Wildman–Crippen LogP) is 2.14. The molecule has 1 fully saturated rings. The first-order valence-corrected chi connectivity index (χ1v) is 11.5. The maximum absolute atomic E-state index is 12.5. The number of hydrogen-bond acceptors (Lipinski definition) is 4. The average Bonchev–Trinajstić information content (AvgIpc) is 2.67. The molecule has 0 saturated carbocycles. The highest BCUT2D eigenvalue weighted by atomic mass is 32.2. The number of carbonyl (C=O) groups is 1. The highest BCUT2D eigenvalue weighted by molar-refractivity contribution is 7.89. The van der Waals surface area contributed by atoms with E-state index < -0.39 is 10.0 Å². The van der Waals surface area contributed by atoms with Gasteiger partial charge in [-0.05, 0) is 25.8 Å². The fraction of sp³-hybridized carbons (Fsp3) is 0.650. The molecule has 2 rings (SSSR count). The molecule has 1 aromatic rings. The van der Waals surface area contributed by atoms with Gasteiger partial charge in [-0.25, -0.2) is 8.42 Å². The molecule has 0 aliphatic carbocycles. The molecule has 1 aliphatic heterocycles. The average molecular weight is 396 g/mol. The van der Waals surface area contributed by atoms with Gasteiger partial charge in [0.15, 0.2) is 0 Å². The smallest absolute Gasteiger partial charge is 0.237 e. The molecule has 0 bridgehead atoms. The zero-order valence-electron chi connectivity index (χ0n) is 16.8. The van der Waals surface area contributed by atoms with Crippen molar-refractivity contribution >= 4 is 15.9 Å². The van der Waals surface area contributed by atoms with E-state index in [9.17, 15) is 13.2 Å². The molecule has 0 spiro atoms. The number of hydrogen-bond donors (Lipinski definition) is 1. The number of carbonyl (C=O) groups excluding carboxylic acids is 1. The highest BCUT2D eigenvalue weighted by Crippen LogP contribution is 2.13. The number of rotatable bonds is 9. The lowest BCUT2D eigenvalue weighted by Gasteiger charge is -2.36. The summed E-state index contributed by atoms with van der Waals surface area (Å²) in [5, 5.41) is 2.98. The third kappa shape index (κ3) is 6.59. The molecule has 1 saturated heterocycles. The van der Waals surface area contributed by atoms with Crippen LogP contribution in [-0.4, -0.2) is 61.5 Å². The van der Waals surface area contributed by atoms with Crippen molar-refractivity contribution in [2.45, 2.75) is 52.6 Å². The molecule has 6 nitrogen and oxygen atoms in total. The Morgan fingerprint density at radius 3 is 2.33 bits per heavy atom. The Kier molecular flexibility index (Phi) is 8.26. The third-order valence-electron chi connectivity index (χ3n) is 5.19. The second kappa shape index (κ2) is 10.2. The standard InChI is InChI=1S/C20H33N3O3S/c1-4-5-6-15-27(25,26)23-13-11-22(12-14-23)18(3)20(24)21-16-19-9-7-17(2)8-10-19/h7-10,18H,4-6,11-16H2,1-3H3,(H,21,24). The van der Waals surface area contributed by atoms with Crippen LogP contribution in [0.5, 0.6) is 0 Å². The molecule has 1 unspecified atom stereocenters. The largest absolute Gasteiger partial charge is 0.351 e. The number of piperazine rings is 1. The Morgan fingerprint density at radius 1 is 1.11 bits per heavy atom. The number of sulfonamides is 1. The van der Waals surface area contributed by atoms with Gasteiger partial charge in [-0.1, -0.05) is 49.6 Å². The normalized spacial score (nSPS) is 17.6. The maximum Gasteiger partial charge on any atom is 0.237 e. The zero-order chi connectivity index (χ0) is 19.9. The van der Waals surface area contributed by atoms with Gasteiger partial charge in [0.1, 0.15) is 0 Å². The summed E-state index contributed by atoms with van der Waals surface area (Å²) in [6, 6.07) is 7.83. The monoisotopic (exact) mass is 395 g/mol. The van der Waals surface area contributed by atoms with Gasteiger partial charge in [-0.3, -0.25) is 9.69 Å². The molecule has 27 heavy (non-hydrogen) atoms. The topological polar surface area (TPSA) is 69.7 Å². The Bertz CT molecular complexity index is 696. The molecular formula is C20H33N3O3S. The van der Waals surface area contributed by atoms with Crippen LogP contribution in [0.3, 0.4) is 0 Å². The van der Waals surface area contributed by atoms with Gasteiger partial charge in [0.25, 0.3) is 0 Å².